The van der Waals surface area contributed by atoms with Crippen molar-refractivity contribution >= 4 is 21.6 Å². The number of aryl methyl sites for hydroxylation is 2. The number of hydrogen-bond acceptors (Lipinski definition) is 4. The summed E-state index contributed by atoms with van der Waals surface area (Å²) in [6.45, 7) is 1.84. The first-order chi connectivity index (χ1) is 9.34. The molecule has 0 saturated heterocycles. The summed E-state index contributed by atoms with van der Waals surface area (Å²) >= 11 is 6.03. The van der Waals surface area contributed by atoms with Gasteiger partial charge in [-0.1, -0.05) is 17.7 Å². The van der Waals surface area contributed by atoms with Crippen LogP contribution in [0.3, 0.4) is 0 Å². The van der Waals surface area contributed by atoms with E-state index in [2.05, 4.69) is 10.1 Å². The van der Waals surface area contributed by atoms with E-state index in [1.807, 2.05) is 6.07 Å². The Bertz CT molecular complexity index is 713. The van der Waals surface area contributed by atoms with Crippen molar-refractivity contribution in [1.82, 2.24) is 19.1 Å². The Balaban J connectivity index is 2.35. The molecule has 0 aromatic carbocycles. The van der Waals surface area contributed by atoms with E-state index in [-0.39, 0.29) is 16.6 Å². The van der Waals surface area contributed by atoms with Crippen LogP contribution in [0.5, 0.6) is 0 Å². The lowest BCUT2D eigenvalue weighted by Crippen LogP contribution is -2.27. The molecule has 0 radical (unpaired) electrons. The van der Waals surface area contributed by atoms with Crippen molar-refractivity contribution < 1.29 is 8.42 Å². The molecule has 0 aliphatic carbocycles. The Morgan fingerprint density at radius 2 is 2.15 bits per heavy atom. The minimum Gasteiger partial charge on any atom is -0.264 e. The molecule has 2 aromatic rings. The van der Waals surface area contributed by atoms with Crippen LogP contribution in [0.4, 0.5) is 0 Å². The lowest BCUT2D eigenvalue weighted by Gasteiger charge is -2.16. The molecule has 20 heavy (non-hydrogen) atoms. The molecule has 0 spiro atoms. The molecule has 0 N–H and O–H groups in total. The zero-order valence-corrected chi connectivity index (χ0v) is 13.0. The van der Waals surface area contributed by atoms with Crippen LogP contribution in [-0.4, -0.2) is 34.5 Å². The smallest absolute Gasteiger partial charge is 0.248 e. The van der Waals surface area contributed by atoms with Crippen molar-refractivity contribution in [3.63, 3.8) is 0 Å². The Labute approximate surface area is 123 Å². The van der Waals surface area contributed by atoms with Gasteiger partial charge in [0, 0.05) is 33.0 Å². The third-order valence-corrected chi connectivity index (χ3v) is 5.40. The normalized spacial score (nSPS) is 12.1. The quantitative estimate of drug-likeness (QED) is 0.859. The summed E-state index contributed by atoms with van der Waals surface area (Å²) in [6, 6.07) is 3.58. The van der Waals surface area contributed by atoms with Crippen molar-refractivity contribution in [2.45, 2.75) is 18.4 Å². The summed E-state index contributed by atoms with van der Waals surface area (Å²) in [5.74, 6) is 0. The molecule has 8 heteroatoms. The number of hydrogen-bond donors (Lipinski definition) is 0. The lowest BCUT2D eigenvalue weighted by molar-refractivity contribution is 0.466. The minimum atomic E-state index is -3.69. The number of rotatable bonds is 4. The molecule has 108 valence electrons. The third-order valence-electron chi connectivity index (χ3n) is 2.90. The molecule has 2 aromatic heterocycles. The second-order valence-corrected chi connectivity index (χ2v) is 6.79. The van der Waals surface area contributed by atoms with Gasteiger partial charge in [0.15, 0.2) is 0 Å². The zero-order valence-electron chi connectivity index (χ0n) is 11.4. The molecule has 0 aliphatic heterocycles. The highest BCUT2D eigenvalue weighted by molar-refractivity contribution is 7.89. The first kappa shape index (κ1) is 15.0. The van der Waals surface area contributed by atoms with Crippen LogP contribution in [0.2, 0.25) is 5.15 Å². The third kappa shape index (κ3) is 2.70. The molecule has 0 unspecified atom stereocenters. The van der Waals surface area contributed by atoms with E-state index in [4.69, 9.17) is 11.6 Å². The van der Waals surface area contributed by atoms with Crippen molar-refractivity contribution in [2.24, 2.45) is 7.05 Å². The first-order valence-electron chi connectivity index (χ1n) is 5.88. The van der Waals surface area contributed by atoms with Crippen molar-refractivity contribution in [2.75, 3.05) is 7.05 Å². The van der Waals surface area contributed by atoms with Crippen molar-refractivity contribution in [3.8, 4) is 0 Å². The summed E-state index contributed by atoms with van der Waals surface area (Å²) in [5.41, 5.74) is 1.19. The second-order valence-electron chi connectivity index (χ2n) is 4.45. The summed E-state index contributed by atoms with van der Waals surface area (Å²) < 4.78 is 27.7. The molecule has 6 nitrogen and oxygen atoms in total. The molecule has 0 aliphatic rings. The van der Waals surface area contributed by atoms with E-state index in [9.17, 15) is 8.42 Å². The fraction of sp³-hybridized carbons (Fsp3) is 0.333. The Morgan fingerprint density at radius 3 is 2.65 bits per heavy atom. The van der Waals surface area contributed by atoms with E-state index >= 15 is 0 Å². The highest BCUT2D eigenvalue weighted by atomic mass is 35.5. The topological polar surface area (TPSA) is 68.1 Å². The largest absolute Gasteiger partial charge is 0.264 e. The fourth-order valence-electron chi connectivity index (χ4n) is 1.89. The van der Waals surface area contributed by atoms with Crippen LogP contribution < -0.4 is 0 Å². The number of aromatic nitrogens is 3. The van der Waals surface area contributed by atoms with Crippen LogP contribution >= 0.6 is 11.6 Å². The Kier molecular flexibility index (Phi) is 4.12. The molecular weight excluding hydrogens is 300 g/mol. The predicted octanol–water partition coefficient (Wildman–Crippen LogP) is 1.60. The highest BCUT2D eigenvalue weighted by Crippen LogP contribution is 2.27. The van der Waals surface area contributed by atoms with Gasteiger partial charge in [0.2, 0.25) is 10.0 Å². The van der Waals surface area contributed by atoms with Crippen LogP contribution in [0, 0.1) is 6.92 Å². The van der Waals surface area contributed by atoms with Crippen LogP contribution in [0.1, 0.15) is 11.3 Å². The first-order valence-corrected chi connectivity index (χ1v) is 7.70. The van der Waals surface area contributed by atoms with Gasteiger partial charge in [0.05, 0.1) is 5.69 Å². The summed E-state index contributed by atoms with van der Waals surface area (Å²) in [4.78, 5) is 4.02. The molecule has 0 fully saturated rings. The lowest BCUT2D eigenvalue weighted by atomic mass is 10.3. The average Bonchev–Trinajstić information content (AvgIpc) is 2.64. The van der Waals surface area contributed by atoms with E-state index in [0.717, 1.165) is 5.56 Å². The van der Waals surface area contributed by atoms with Gasteiger partial charge in [-0.15, -0.1) is 0 Å². The van der Waals surface area contributed by atoms with Crippen LogP contribution in [-0.2, 0) is 23.6 Å². The van der Waals surface area contributed by atoms with Crippen molar-refractivity contribution in [3.05, 3.63) is 40.9 Å². The summed E-state index contributed by atoms with van der Waals surface area (Å²) in [6.07, 6.45) is 3.27. The number of halogens is 1. The van der Waals surface area contributed by atoms with Crippen LogP contribution in [0.15, 0.2) is 29.4 Å². The van der Waals surface area contributed by atoms with E-state index in [1.54, 1.807) is 32.4 Å². The SMILES string of the molecule is Cc1nn(C)c(Cl)c1S(=O)(=O)N(C)Cc1cccnc1. The molecule has 2 rings (SSSR count). The van der Waals surface area contributed by atoms with Gasteiger partial charge in [-0.3, -0.25) is 9.67 Å². The number of pyridine rings is 1. The van der Waals surface area contributed by atoms with Gasteiger partial charge in [0.25, 0.3) is 0 Å². The molecular formula is C12H15ClN4O2S. The van der Waals surface area contributed by atoms with Crippen molar-refractivity contribution in [1.29, 1.82) is 0 Å². The zero-order chi connectivity index (χ0) is 14.9. The predicted molar refractivity (Wildman–Crippen MR) is 75.8 cm³/mol. The van der Waals surface area contributed by atoms with Gasteiger partial charge in [0.1, 0.15) is 10.0 Å². The highest BCUT2D eigenvalue weighted by Gasteiger charge is 2.29. The number of sulfonamides is 1. The molecule has 0 atom stereocenters. The van der Waals surface area contributed by atoms with Crippen LogP contribution in [0.25, 0.3) is 0 Å². The molecule has 0 bridgehead atoms. The Morgan fingerprint density at radius 1 is 1.45 bits per heavy atom. The van der Waals surface area contributed by atoms with E-state index in [1.165, 1.54) is 16.0 Å². The van der Waals surface area contributed by atoms with Gasteiger partial charge in [-0.2, -0.15) is 9.40 Å². The van der Waals surface area contributed by atoms with Gasteiger partial charge >= 0.3 is 0 Å². The number of nitrogens with zero attached hydrogens (tertiary/aromatic N) is 4. The molecule has 0 amide bonds. The molecule has 2 heterocycles. The van der Waals surface area contributed by atoms with Gasteiger partial charge < -0.3 is 0 Å². The maximum absolute atomic E-state index is 12.6. The summed E-state index contributed by atoms with van der Waals surface area (Å²) in [7, 11) is -0.576. The summed E-state index contributed by atoms with van der Waals surface area (Å²) in [5, 5.41) is 4.14. The Hall–Kier alpha value is -1.44. The molecule has 0 saturated carbocycles. The maximum atomic E-state index is 12.6. The fourth-order valence-corrected chi connectivity index (χ4v) is 3.75. The van der Waals surface area contributed by atoms with E-state index < -0.39 is 10.0 Å². The second kappa shape index (κ2) is 5.51. The van der Waals surface area contributed by atoms with Gasteiger partial charge in [-0.05, 0) is 18.6 Å². The maximum Gasteiger partial charge on any atom is 0.248 e. The average molecular weight is 315 g/mol. The standard InChI is InChI=1S/C12H15ClN4O2S/c1-9-11(12(13)17(3)15-9)20(18,19)16(2)8-10-5-4-6-14-7-10/h4-7H,8H2,1-3H3. The monoisotopic (exact) mass is 314 g/mol. The van der Waals surface area contributed by atoms with E-state index in [0.29, 0.717) is 5.69 Å². The van der Waals surface area contributed by atoms with Gasteiger partial charge in [-0.25, -0.2) is 8.42 Å². The minimum absolute atomic E-state index is 0.0491.